The summed E-state index contributed by atoms with van der Waals surface area (Å²) in [4.78, 5) is 35.5. The molecule has 0 saturated heterocycles. The molecule has 0 heterocycles. The molecule has 0 aliphatic carbocycles. The monoisotopic (exact) mass is 580 g/mol. The highest BCUT2D eigenvalue weighted by atomic mass is 16.6. The molecule has 0 fully saturated rings. The molecule has 0 aromatic carbocycles. The Kier molecular flexibility index (Phi) is 24.1. The summed E-state index contributed by atoms with van der Waals surface area (Å²) < 4.78 is 16.0. The summed E-state index contributed by atoms with van der Waals surface area (Å²) in [5, 5.41) is 0. The molecule has 0 aliphatic rings. The second-order valence-electron chi connectivity index (χ2n) is 10.2. The second kappa shape index (κ2) is 26.3. The van der Waals surface area contributed by atoms with E-state index in [-0.39, 0.29) is 19.0 Å². The molecule has 0 spiro atoms. The molecule has 0 aromatic rings. The van der Waals surface area contributed by atoms with Gasteiger partial charge in [-0.2, -0.15) is 0 Å². The van der Waals surface area contributed by atoms with Gasteiger partial charge in [0, 0.05) is 38.7 Å². The molecule has 0 radical (unpaired) electrons. The van der Waals surface area contributed by atoms with E-state index in [1.54, 1.807) is 0 Å². The summed E-state index contributed by atoms with van der Waals surface area (Å²) in [7, 11) is 0. The molecule has 6 nitrogen and oxygen atoms in total. The van der Waals surface area contributed by atoms with Crippen molar-refractivity contribution >= 4 is 17.9 Å². The minimum Gasteiger partial charge on any atom is -0.465 e. The highest BCUT2D eigenvalue weighted by Gasteiger charge is 2.18. The summed E-state index contributed by atoms with van der Waals surface area (Å²) in [5.41, 5.74) is 2.47. The molecule has 42 heavy (non-hydrogen) atoms. The molecule has 0 rings (SSSR count). The Balaban J connectivity index is 4.62. The predicted molar refractivity (Wildman–Crippen MR) is 171 cm³/mol. The summed E-state index contributed by atoms with van der Waals surface area (Å²) in [6.45, 7) is 10.7. The third kappa shape index (κ3) is 25.4. The third-order valence-corrected chi connectivity index (χ3v) is 5.80. The van der Waals surface area contributed by atoms with E-state index in [9.17, 15) is 14.4 Å². The van der Waals surface area contributed by atoms with Crippen LogP contribution in [0, 0.1) is 11.8 Å². The van der Waals surface area contributed by atoms with Gasteiger partial charge in [-0.1, -0.05) is 79.7 Å². The molecule has 0 aliphatic heterocycles. The summed E-state index contributed by atoms with van der Waals surface area (Å²) >= 11 is 0. The van der Waals surface area contributed by atoms with E-state index in [2.05, 4.69) is 55.2 Å². The van der Waals surface area contributed by atoms with Crippen molar-refractivity contribution in [1.82, 2.24) is 0 Å². The molecule has 0 saturated carbocycles. The minimum absolute atomic E-state index is 0.0981. The fourth-order valence-corrected chi connectivity index (χ4v) is 3.63. The number of rotatable bonds is 20. The topological polar surface area (TPSA) is 78.9 Å². The van der Waals surface area contributed by atoms with Crippen molar-refractivity contribution in [3.8, 4) is 11.8 Å². The molecule has 232 valence electrons. The maximum absolute atomic E-state index is 12.3. The fraction of sp³-hybridized carbons (Fsp3) is 0.528. The Morgan fingerprint density at radius 1 is 0.786 bits per heavy atom. The lowest BCUT2D eigenvalue weighted by molar-refractivity contribution is -0.146. The van der Waals surface area contributed by atoms with Gasteiger partial charge in [-0.05, 0) is 70.9 Å². The number of hydrogen-bond donors (Lipinski definition) is 0. The Morgan fingerprint density at radius 2 is 1.45 bits per heavy atom. The van der Waals surface area contributed by atoms with E-state index in [1.165, 1.54) is 20.1 Å². The van der Waals surface area contributed by atoms with Crippen molar-refractivity contribution in [3.63, 3.8) is 0 Å². The van der Waals surface area contributed by atoms with E-state index in [4.69, 9.17) is 14.2 Å². The normalized spacial score (nSPS) is 12.7. The van der Waals surface area contributed by atoms with E-state index in [1.807, 2.05) is 32.9 Å². The lowest BCUT2D eigenvalue weighted by Crippen LogP contribution is -2.21. The van der Waals surface area contributed by atoms with Crippen LogP contribution < -0.4 is 0 Å². The molecule has 0 N–H and O–H groups in total. The number of unbranched alkanes of at least 4 members (excludes halogenated alkanes) is 4. The molecule has 6 heteroatoms. The quantitative estimate of drug-likeness (QED) is 0.0358. The van der Waals surface area contributed by atoms with E-state index in [0.29, 0.717) is 18.4 Å². The van der Waals surface area contributed by atoms with Gasteiger partial charge in [0.1, 0.15) is 6.10 Å². The van der Waals surface area contributed by atoms with Crippen molar-refractivity contribution in [2.45, 2.75) is 118 Å². The largest absolute Gasteiger partial charge is 0.465 e. The molecule has 0 bridgehead atoms. The van der Waals surface area contributed by atoms with E-state index >= 15 is 0 Å². The van der Waals surface area contributed by atoms with Gasteiger partial charge in [0.05, 0.1) is 12.9 Å². The fourth-order valence-electron chi connectivity index (χ4n) is 3.63. The highest BCUT2D eigenvalue weighted by Crippen LogP contribution is 2.18. The molecule has 0 amide bonds. The highest BCUT2D eigenvalue weighted by molar-refractivity contribution is 5.69. The Bertz CT molecular complexity index is 1040. The average molecular weight is 581 g/mol. The first-order valence-corrected chi connectivity index (χ1v) is 15.1. The van der Waals surface area contributed by atoms with Crippen molar-refractivity contribution in [3.05, 3.63) is 71.6 Å². The van der Waals surface area contributed by atoms with E-state index < -0.39 is 18.0 Å². The lowest BCUT2D eigenvalue weighted by Gasteiger charge is -2.19. The molecule has 0 aromatic heterocycles. The summed E-state index contributed by atoms with van der Waals surface area (Å²) in [6, 6.07) is 0. The standard InChI is InChI=1S/C36H52O6/c1-7-8-9-10-11-12-13-14-15-16-17-18-19-20-24-36(39)40-28-27-34(29-41-32(5)37)35(42-33(6)38)26-25-31(4)23-21-22-30(2)3/h8-9,11-12,14-15,22,25,29,35H,7,10,13,16-20,24,26-28H2,1-6H3. The van der Waals surface area contributed by atoms with Gasteiger partial charge in [-0.25, -0.2) is 0 Å². The van der Waals surface area contributed by atoms with Crippen molar-refractivity contribution in [1.29, 1.82) is 0 Å². The number of carbonyl (C=O) groups is 3. The number of hydrogen-bond acceptors (Lipinski definition) is 6. The first kappa shape index (κ1) is 38.4. The zero-order valence-corrected chi connectivity index (χ0v) is 26.7. The number of ether oxygens (including phenoxy) is 3. The van der Waals surface area contributed by atoms with Crippen LogP contribution in [0.25, 0.3) is 0 Å². The van der Waals surface area contributed by atoms with Crippen LogP contribution in [0.2, 0.25) is 0 Å². The Labute approximate surface area is 254 Å². The predicted octanol–water partition coefficient (Wildman–Crippen LogP) is 8.80. The van der Waals surface area contributed by atoms with Gasteiger partial charge in [-0.15, -0.1) is 0 Å². The van der Waals surface area contributed by atoms with Gasteiger partial charge in [0.2, 0.25) is 0 Å². The van der Waals surface area contributed by atoms with Gasteiger partial charge in [0.15, 0.2) is 0 Å². The average Bonchev–Trinajstić information content (AvgIpc) is 2.92. The number of allylic oxidation sites excluding steroid dienone is 9. The SMILES string of the molecule is CCC=CCC=CCC=CCCCCCCC(=O)OCCC(=COC(C)=O)C(CC=C(C)C#CC=C(C)C)OC(C)=O. The first-order valence-electron chi connectivity index (χ1n) is 15.1. The van der Waals surface area contributed by atoms with Gasteiger partial charge < -0.3 is 14.2 Å². The van der Waals surface area contributed by atoms with Gasteiger partial charge in [-0.3, -0.25) is 14.4 Å². The number of esters is 3. The first-order chi connectivity index (χ1) is 20.1. The Morgan fingerprint density at radius 3 is 2.10 bits per heavy atom. The smallest absolute Gasteiger partial charge is 0.307 e. The van der Waals surface area contributed by atoms with Crippen LogP contribution in [0.1, 0.15) is 112 Å². The summed E-state index contributed by atoms with van der Waals surface area (Å²) in [6.07, 6.45) is 26.5. The zero-order chi connectivity index (χ0) is 31.4. The van der Waals surface area contributed by atoms with Crippen LogP contribution in [0.15, 0.2) is 71.6 Å². The maximum Gasteiger partial charge on any atom is 0.307 e. The van der Waals surface area contributed by atoms with Crippen LogP contribution in [-0.4, -0.2) is 30.6 Å². The van der Waals surface area contributed by atoms with Crippen molar-refractivity contribution < 1.29 is 28.6 Å². The van der Waals surface area contributed by atoms with Crippen LogP contribution >= 0.6 is 0 Å². The number of carbonyl (C=O) groups excluding carboxylic acids is 3. The maximum atomic E-state index is 12.3. The molecular formula is C36H52O6. The van der Waals surface area contributed by atoms with Crippen LogP contribution in [0.3, 0.4) is 0 Å². The Hall–Kier alpha value is -3.59. The molecular weight excluding hydrogens is 528 g/mol. The lowest BCUT2D eigenvalue weighted by atomic mass is 10.0. The minimum atomic E-state index is -0.672. The van der Waals surface area contributed by atoms with Crippen LogP contribution in [0.5, 0.6) is 0 Å². The molecule has 1 unspecified atom stereocenters. The van der Waals surface area contributed by atoms with Crippen molar-refractivity contribution in [2.75, 3.05) is 6.61 Å². The molecule has 1 atom stereocenters. The van der Waals surface area contributed by atoms with Gasteiger partial charge >= 0.3 is 17.9 Å². The van der Waals surface area contributed by atoms with Gasteiger partial charge in [0.25, 0.3) is 0 Å². The van der Waals surface area contributed by atoms with E-state index in [0.717, 1.165) is 62.5 Å². The summed E-state index contributed by atoms with van der Waals surface area (Å²) in [5.74, 6) is 4.79. The third-order valence-electron chi connectivity index (χ3n) is 5.80. The van der Waals surface area contributed by atoms with Crippen molar-refractivity contribution in [2.24, 2.45) is 0 Å². The van der Waals surface area contributed by atoms with Crippen LogP contribution in [0.4, 0.5) is 0 Å². The second-order valence-corrected chi connectivity index (χ2v) is 10.2. The van der Waals surface area contributed by atoms with Crippen LogP contribution in [-0.2, 0) is 28.6 Å². The zero-order valence-electron chi connectivity index (χ0n) is 26.7.